The monoisotopic (exact) mass is 371 g/mol. The molecule has 0 aliphatic rings. The second kappa shape index (κ2) is 6.85. The fraction of sp³-hybridized carbons (Fsp3) is 0.312. The average molecular weight is 371 g/mol. The zero-order chi connectivity index (χ0) is 18.9. The van der Waals surface area contributed by atoms with Crippen LogP contribution in [0.25, 0.3) is 5.65 Å². The van der Waals surface area contributed by atoms with E-state index in [2.05, 4.69) is 20.6 Å². The summed E-state index contributed by atoms with van der Waals surface area (Å²) in [5.74, 6) is -2.61. The van der Waals surface area contributed by atoms with E-state index >= 15 is 0 Å². The summed E-state index contributed by atoms with van der Waals surface area (Å²) in [6, 6.07) is 5.35. The first kappa shape index (κ1) is 18.0. The molecule has 0 saturated heterocycles. The quantitative estimate of drug-likeness (QED) is 0.677. The molecule has 2 aromatic heterocycles. The maximum Gasteiger partial charge on any atom is 0.453 e. The maximum absolute atomic E-state index is 14.1. The number of nitrogens with zero attached hydrogens (tertiary/aromatic N) is 4. The lowest BCUT2D eigenvalue weighted by molar-refractivity contribution is -0.146. The summed E-state index contributed by atoms with van der Waals surface area (Å²) in [5.41, 5.74) is 0.137. The van der Waals surface area contributed by atoms with Gasteiger partial charge in [-0.05, 0) is 24.6 Å². The van der Waals surface area contributed by atoms with E-state index in [1.807, 2.05) is 6.92 Å². The highest BCUT2D eigenvalue weighted by atomic mass is 19.4. The lowest BCUT2D eigenvalue weighted by atomic mass is 10.0. The highest BCUT2D eigenvalue weighted by molar-refractivity contribution is 5.45. The third kappa shape index (κ3) is 3.58. The zero-order valence-electron chi connectivity index (χ0n) is 13.6. The molecule has 3 aromatic rings. The largest absolute Gasteiger partial charge is 0.453 e. The van der Waals surface area contributed by atoms with Crippen molar-refractivity contribution in [2.24, 2.45) is 0 Å². The SMILES string of the molecule is CCC[C@H](Nc1ccc2nnc(C(F)(F)F)n2n1)c1ccc(F)cc1F. The standard InChI is InChI=1S/C16H14F5N5/c1-2-3-12(10-5-4-9(17)8-11(10)18)22-13-6-7-14-23-24-15(16(19,20)21)26(14)25-13/h4-8,12H,2-3H2,1H3,(H,22,25)/t12-/m0/s1. The molecule has 3 rings (SSSR count). The van der Waals surface area contributed by atoms with Gasteiger partial charge in [-0.15, -0.1) is 15.3 Å². The molecule has 138 valence electrons. The lowest BCUT2D eigenvalue weighted by Gasteiger charge is -2.20. The Balaban J connectivity index is 1.96. The molecule has 1 aromatic carbocycles. The Morgan fingerprint density at radius 3 is 2.54 bits per heavy atom. The first-order chi connectivity index (χ1) is 12.3. The Labute approximate surface area is 144 Å². The second-order valence-corrected chi connectivity index (χ2v) is 5.66. The van der Waals surface area contributed by atoms with Crippen molar-refractivity contribution in [2.75, 3.05) is 5.32 Å². The summed E-state index contributed by atoms with van der Waals surface area (Å²) in [7, 11) is 0. The van der Waals surface area contributed by atoms with Crippen molar-refractivity contribution in [3.63, 3.8) is 0 Å². The maximum atomic E-state index is 14.1. The molecular weight excluding hydrogens is 357 g/mol. The summed E-state index contributed by atoms with van der Waals surface area (Å²) in [4.78, 5) is 0. The Kier molecular flexibility index (Phi) is 4.75. The molecule has 0 aliphatic carbocycles. The van der Waals surface area contributed by atoms with Gasteiger partial charge in [0, 0.05) is 11.6 Å². The van der Waals surface area contributed by atoms with Gasteiger partial charge in [0.15, 0.2) is 5.65 Å². The molecule has 0 fully saturated rings. The second-order valence-electron chi connectivity index (χ2n) is 5.66. The summed E-state index contributed by atoms with van der Waals surface area (Å²) < 4.78 is 66.6. The van der Waals surface area contributed by atoms with Gasteiger partial charge in [-0.3, -0.25) is 0 Å². The van der Waals surface area contributed by atoms with Crippen LogP contribution in [0.15, 0.2) is 30.3 Å². The van der Waals surface area contributed by atoms with E-state index < -0.39 is 29.7 Å². The Hall–Kier alpha value is -2.78. The number of hydrogen-bond acceptors (Lipinski definition) is 4. The lowest BCUT2D eigenvalue weighted by Crippen LogP contribution is -2.16. The number of rotatable bonds is 5. The van der Waals surface area contributed by atoms with E-state index in [0.717, 1.165) is 12.1 Å². The van der Waals surface area contributed by atoms with Crippen molar-refractivity contribution >= 4 is 11.5 Å². The molecule has 0 aliphatic heterocycles. The number of halogens is 5. The first-order valence-electron chi connectivity index (χ1n) is 7.80. The van der Waals surface area contributed by atoms with Gasteiger partial charge in [-0.1, -0.05) is 19.4 Å². The molecular formula is C16H14F5N5. The molecule has 2 heterocycles. The van der Waals surface area contributed by atoms with Crippen molar-refractivity contribution in [1.82, 2.24) is 19.8 Å². The minimum Gasteiger partial charge on any atom is -0.362 e. The minimum absolute atomic E-state index is 0.0668. The molecule has 0 spiro atoms. The fourth-order valence-electron chi connectivity index (χ4n) is 2.60. The van der Waals surface area contributed by atoms with E-state index in [4.69, 9.17) is 0 Å². The predicted molar refractivity (Wildman–Crippen MR) is 83.4 cm³/mol. The number of nitrogens with one attached hydrogen (secondary N) is 1. The van der Waals surface area contributed by atoms with Gasteiger partial charge in [0.05, 0.1) is 6.04 Å². The summed E-state index contributed by atoms with van der Waals surface area (Å²) in [5, 5.41) is 13.3. The van der Waals surface area contributed by atoms with Gasteiger partial charge in [-0.25, -0.2) is 8.78 Å². The highest BCUT2D eigenvalue weighted by Gasteiger charge is 2.37. The first-order valence-corrected chi connectivity index (χ1v) is 7.80. The van der Waals surface area contributed by atoms with Crippen LogP contribution in [0.2, 0.25) is 0 Å². The molecule has 5 nitrogen and oxygen atoms in total. The molecule has 0 amide bonds. The van der Waals surface area contributed by atoms with E-state index in [1.54, 1.807) is 0 Å². The van der Waals surface area contributed by atoms with Gasteiger partial charge >= 0.3 is 6.18 Å². The summed E-state index contributed by atoms with van der Waals surface area (Å²) in [6.07, 6.45) is -3.58. The summed E-state index contributed by atoms with van der Waals surface area (Å²) >= 11 is 0. The number of fused-ring (bicyclic) bond motifs is 1. The van der Waals surface area contributed by atoms with Crippen LogP contribution in [-0.2, 0) is 6.18 Å². The Morgan fingerprint density at radius 2 is 1.88 bits per heavy atom. The van der Waals surface area contributed by atoms with Gasteiger partial charge < -0.3 is 5.32 Å². The molecule has 10 heteroatoms. The third-order valence-electron chi connectivity index (χ3n) is 3.75. The molecule has 26 heavy (non-hydrogen) atoms. The fourth-order valence-corrected chi connectivity index (χ4v) is 2.60. The van der Waals surface area contributed by atoms with Crippen LogP contribution < -0.4 is 5.32 Å². The molecule has 0 saturated carbocycles. The Morgan fingerprint density at radius 1 is 1.12 bits per heavy atom. The molecule has 1 N–H and O–H groups in total. The zero-order valence-corrected chi connectivity index (χ0v) is 13.6. The third-order valence-corrected chi connectivity index (χ3v) is 3.75. The van der Waals surface area contributed by atoms with Gasteiger partial charge in [0.2, 0.25) is 0 Å². The van der Waals surface area contributed by atoms with Gasteiger partial charge in [-0.2, -0.15) is 17.7 Å². The van der Waals surface area contributed by atoms with E-state index in [1.165, 1.54) is 18.2 Å². The Bertz CT molecular complexity index is 921. The molecule has 0 unspecified atom stereocenters. The molecule has 1 atom stereocenters. The molecule has 0 bridgehead atoms. The number of anilines is 1. The van der Waals surface area contributed by atoms with Crippen LogP contribution in [0.5, 0.6) is 0 Å². The normalized spacial score (nSPS) is 13.2. The van der Waals surface area contributed by atoms with Crippen LogP contribution >= 0.6 is 0 Å². The van der Waals surface area contributed by atoms with Crippen LogP contribution in [-0.4, -0.2) is 19.8 Å². The van der Waals surface area contributed by atoms with Gasteiger partial charge in [0.1, 0.15) is 17.5 Å². The highest BCUT2D eigenvalue weighted by Crippen LogP contribution is 2.29. The van der Waals surface area contributed by atoms with E-state index in [0.29, 0.717) is 17.4 Å². The van der Waals surface area contributed by atoms with Crippen LogP contribution in [0.1, 0.15) is 37.2 Å². The van der Waals surface area contributed by atoms with Crippen molar-refractivity contribution in [2.45, 2.75) is 32.0 Å². The van der Waals surface area contributed by atoms with Crippen LogP contribution in [0.4, 0.5) is 27.8 Å². The molecule has 0 radical (unpaired) electrons. The topological polar surface area (TPSA) is 55.1 Å². The van der Waals surface area contributed by atoms with Crippen molar-refractivity contribution in [3.05, 3.63) is 53.4 Å². The van der Waals surface area contributed by atoms with E-state index in [9.17, 15) is 22.0 Å². The van der Waals surface area contributed by atoms with Gasteiger partial charge in [0.25, 0.3) is 5.82 Å². The smallest absolute Gasteiger partial charge is 0.362 e. The number of aromatic nitrogens is 4. The van der Waals surface area contributed by atoms with E-state index in [-0.39, 0.29) is 17.0 Å². The van der Waals surface area contributed by atoms with Crippen molar-refractivity contribution < 1.29 is 22.0 Å². The average Bonchev–Trinajstić information content (AvgIpc) is 2.98. The minimum atomic E-state index is -4.71. The predicted octanol–water partition coefficient (Wildman–Crippen LogP) is 4.37. The van der Waals surface area contributed by atoms with Crippen molar-refractivity contribution in [1.29, 1.82) is 0 Å². The number of benzene rings is 1. The summed E-state index contributed by atoms with van der Waals surface area (Å²) in [6.45, 7) is 1.87. The van der Waals surface area contributed by atoms with Crippen LogP contribution in [0, 0.1) is 11.6 Å². The van der Waals surface area contributed by atoms with Crippen molar-refractivity contribution in [3.8, 4) is 0 Å². The number of hydrogen-bond donors (Lipinski definition) is 1. The van der Waals surface area contributed by atoms with Crippen LogP contribution in [0.3, 0.4) is 0 Å². The number of alkyl halides is 3.